The first-order valence-corrected chi connectivity index (χ1v) is 5.46. The molecule has 2 nitrogen and oxygen atoms in total. The number of carbonyl (C=O) groups excluding carboxylic acids is 1. The molecule has 0 saturated heterocycles. The molecule has 3 atom stereocenters. The minimum absolute atomic E-state index is 0.229. The average Bonchev–Trinajstić information content (AvgIpc) is 2.39. The normalized spacial score (nSPS) is 43.6. The second kappa shape index (κ2) is 3.20. The lowest BCUT2D eigenvalue weighted by Crippen LogP contribution is -2.39. The number of ketones is 1. The Balaban J connectivity index is 2.39. The Labute approximate surface area is 85.0 Å². The van der Waals surface area contributed by atoms with Crippen LogP contribution in [-0.4, -0.2) is 17.0 Å². The first-order chi connectivity index (χ1) is 6.56. The van der Waals surface area contributed by atoms with Crippen LogP contribution in [0, 0.1) is 11.3 Å². The molecule has 0 bridgehead atoms. The Morgan fingerprint density at radius 3 is 2.86 bits per heavy atom. The fraction of sp³-hybridized carbons (Fsp3) is 0.750. The van der Waals surface area contributed by atoms with Crippen LogP contribution in [0.4, 0.5) is 0 Å². The topological polar surface area (TPSA) is 37.3 Å². The zero-order valence-corrected chi connectivity index (χ0v) is 8.75. The van der Waals surface area contributed by atoms with E-state index in [9.17, 15) is 9.90 Å². The maximum atomic E-state index is 12.0. The molecule has 0 aromatic heterocycles. The highest BCUT2D eigenvalue weighted by Crippen LogP contribution is 2.50. The van der Waals surface area contributed by atoms with E-state index in [1.54, 1.807) is 0 Å². The van der Waals surface area contributed by atoms with Gasteiger partial charge in [-0.05, 0) is 38.5 Å². The number of hydrogen-bond acceptors (Lipinski definition) is 2. The molecule has 2 aliphatic rings. The van der Waals surface area contributed by atoms with Gasteiger partial charge < -0.3 is 5.11 Å². The zero-order chi connectivity index (χ0) is 10.3. The summed E-state index contributed by atoms with van der Waals surface area (Å²) in [7, 11) is 0. The van der Waals surface area contributed by atoms with E-state index in [0.29, 0.717) is 6.42 Å². The van der Waals surface area contributed by atoms with Gasteiger partial charge in [0.1, 0.15) is 5.78 Å². The predicted octanol–water partition coefficient (Wildman–Crippen LogP) is 2.07. The van der Waals surface area contributed by atoms with Crippen molar-refractivity contribution in [2.75, 3.05) is 0 Å². The Morgan fingerprint density at radius 1 is 1.43 bits per heavy atom. The van der Waals surface area contributed by atoms with Crippen LogP contribution in [0.5, 0.6) is 0 Å². The molecule has 0 unspecified atom stereocenters. The number of aliphatic hydroxyl groups is 1. The minimum Gasteiger partial charge on any atom is -0.392 e. The highest BCUT2D eigenvalue weighted by Gasteiger charge is 2.52. The van der Waals surface area contributed by atoms with Gasteiger partial charge in [0, 0.05) is 6.42 Å². The summed E-state index contributed by atoms with van der Waals surface area (Å²) in [5.41, 5.74) is 0.656. The lowest BCUT2D eigenvalue weighted by molar-refractivity contribution is -0.134. The van der Waals surface area contributed by atoms with Crippen molar-refractivity contribution < 1.29 is 9.90 Å². The molecule has 2 fully saturated rings. The van der Waals surface area contributed by atoms with E-state index < -0.39 is 11.5 Å². The molecule has 2 rings (SSSR count). The van der Waals surface area contributed by atoms with Crippen molar-refractivity contribution in [3.8, 4) is 0 Å². The Morgan fingerprint density at radius 2 is 2.14 bits per heavy atom. The van der Waals surface area contributed by atoms with Gasteiger partial charge in [-0.1, -0.05) is 12.2 Å². The number of rotatable bonds is 0. The maximum Gasteiger partial charge on any atom is 0.141 e. The van der Waals surface area contributed by atoms with Crippen LogP contribution >= 0.6 is 0 Å². The first kappa shape index (κ1) is 9.91. The van der Waals surface area contributed by atoms with Gasteiger partial charge in [0.15, 0.2) is 0 Å². The third-order valence-electron chi connectivity index (χ3n) is 4.14. The molecular weight excluding hydrogens is 176 g/mol. The molecule has 2 heteroatoms. The number of carbonyl (C=O) groups is 1. The van der Waals surface area contributed by atoms with Crippen LogP contribution < -0.4 is 0 Å². The molecule has 0 aromatic carbocycles. The fourth-order valence-electron chi connectivity index (χ4n) is 3.08. The lowest BCUT2D eigenvalue weighted by atomic mass is 9.72. The van der Waals surface area contributed by atoms with Crippen LogP contribution in [0.2, 0.25) is 0 Å². The summed E-state index contributed by atoms with van der Waals surface area (Å²) in [6.07, 6.45) is 3.72. The fourth-order valence-corrected chi connectivity index (χ4v) is 3.08. The molecule has 78 valence electrons. The molecule has 0 spiro atoms. The lowest BCUT2D eigenvalue weighted by Gasteiger charge is -2.32. The van der Waals surface area contributed by atoms with Gasteiger partial charge in [-0.3, -0.25) is 4.79 Å². The van der Waals surface area contributed by atoms with Gasteiger partial charge >= 0.3 is 0 Å². The molecule has 0 radical (unpaired) electrons. The third kappa shape index (κ3) is 1.17. The zero-order valence-electron chi connectivity index (χ0n) is 8.75. The molecule has 0 amide bonds. The highest BCUT2D eigenvalue weighted by atomic mass is 16.3. The second-order valence-corrected chi connectivity index (χ2v) is 4.86. The Bertz CT molecular complexity index is 282. The number of hydrogen-bond donors (Lipinski definition) is 1. The second-order valence-electron chi connectivity index (χ2n) is 4.86. The van der Waals surface area contributed by atoms with E-state index in [1.165, 1.54) is 5.57 Å². The molecule has 0 aromatic rings. The Hall–Kier alpha value is -0.630. The van der Waals surface area contributed by atoms with E-state index in [-0.39, 0.29) is 11.7 Å². The van der Waals surface area contributed by atoms with Crippen molar-refractivity contribution in [2.45, 2.75) is 45.1 Å². The maximum absolute atomic E-state index is 12.0. The van der Waals surface area contributed by atoms with Gasteiger partial charge in [-0.2, -0.15) is 0 Å². The minimum atomic E-state index is -0.520. The number of aliphatic hydroxyl groups excluding tert-OH is 1. The van der Waals surface area contributed by atoms with Crippen molar-refractivity contribution >= 4 is 5.78 Å². The number of fused-ring (bicyclic) bond motifs is 1. The molecule has 0 aliphatic heterocycles. The van der Waals surface area contributed by atoms with E-state index in [2.05, 4.69) is 6.58 Å². The number of allylic oxidation sites excluding steroid dienone is 1. The molecular formula is C12H18O2. The largest absolute Gasteiger partial charge is 0.392 e. The molecule has 1 N–H and O–H groups in total. The smallest absolute Gasteiger partial charge is 0.141 e. The van der Waals surface area contributed by atoms with Crippen LogP contribution in [0.15, 0.2) is 12.2 Å². The molecule has 0 heterocycles. The van der Waals surface area contributed by atoms with Crippen LogP contribution in [0.25, 0.3) is 0 Å². The summed E-state index contributed by atoms with van der Waals surface area (Å²) in [6.45, 7) is 5.99. The van der Waals surface area contributed by atoms with Gasteiger partial charge in [-0.15, -0.1) is 0 Å². The van der Waals surface area contributed by atoms with E-state index in [4.69, 9.17) is 0 Å². The molecule has 14 heavy (non-hydrogen) atoms. The monoisotopic (exact) mass is 194 g/mol. The summed E-state index contributed by atoms with van der Waals surface area (Å²) < 4.78 is 0. The van der Waals surface area contributed by atoms with Crippen molar-refractivity contribution in [3.63, 3.8) is 0 Å². The van der Waals surface area contributed by atoms with Crippen LogP contribution in [-0.2, 0) is 4.79 Å². The standard InChI is InChI=1S/C12H18O2/c1-8-4-3-5-10(13)12(2)9(8)6-7-11(12)14/h9,11,14H,1,3-7H2,2H3/t9-,11-,12-/m1/s1. The summed E-state index contributed by atoms with van der Waals surface area (Å²) >= 11 is 0. The summed E-state index contributed by atoms with van der Waals surface area (Å²) in [4.78, 5) is 12.0. The van der Waals surface area contributed by atoms with Gasteiger partial charge in [0.25, 0.3) is 0 Å². The first-order valence-electron chi connectivity index (χ1n) is 5.46. The quantitative estimate of drug-likeness (QED) is 0.599. The summed E-state index contributed by atoms with van der Waals surface area (Å²) in [5, 5.41) is 9.93. The van der Waals surface area contributed by atoms with Gasteiger partial charge in [0.05, 0.1) is 11.5 Å². The predicted molar refractivity (Wildman–Crippen MR) is 54.8 cm³/mol. The summed E-state index contributed by atoms with van der Waals surface area (Å²) in [6, 6.07) is 0. The van der Waals surface area contributed by atoms with E-state index in [1.807, 2.05) is 6.92 Å². The van der Waals surface area contributed by atoms with Crippen molar-refractivity contribution in [3.05, 3.63) is 12.2 Å². The van der Waals surface area contributed by atoms with E-state index >= 15 is 0 Å². The van der Waals surface area contributed by atoms with Gasteiger partial charge in [-0.25, -0.2) is 0 Å². The van der Waals surface area contributed by atoms with Crippen LogP contribution in [0.1, 0.15) is 39.0 Å². The van der Waals surface area contributed by atoms with Crippen molar-refractivity contribution in [1.29, 1.82) is 0 Å². The SMILES string of the molecule is C=C1CCCC(=O)[C@]2(C)[C@H](O)CC[C@H]12. The van der Waals surface area contributed by atoms with E-state index in [0.717, 1.165) is 25.7 Å². The Kier molecular flexibility index (Phi) is 2.26. The van der Waals surface area contributed by atoms with Crippen molar-refractivity contribution in [1.82, 2.24) is 0 Å². The molecule has 2 aliphatic carbocycles. The highest BCUT2D eigenvalue weighted by molar-refractivity contribution is 5.86. The van der Waals surface area contributed by atoms with Crippen molar-refractivity contribution in [2.24, 2.45) is 11.3 Å². The third-order valence-corrected chi connectivity index (χ3v) is 4.14. The van der Waals surface area contributed by atoms with Gasteiger partial charge in [0.2, 0.25) is 0 Å². The average molecular weight is 194 g/mol. The number of Topliss-reactive ketones (excluding diaryl/α,β-unsaturated/α-hetero) is 1. The molecule has 2 saturated carbocycles. The van der Waals surface area contributed by atoms with Crippen LogP contribution in [0.3, 0.4) is 0 Å². The summed E-state index contributed by atoms with van der Waals surface area (Å²) in [5.74, 6) is 0.471.